The van der Waals surface area contributed by atoms with E-state index in [1.54, 1.807) is 3.11 Å². The molecule has 0 aliphatic carbocycles. The number of fused-ring (bicyclic) bond motifs is 1. The summed E-state index contributed by atoms with van der Waals surface area (Å²) in [5, 5.41) is 19.4. The first-order valence-electron chi connectivity index (χ1n) is 5.93. The SMILES string of the molecule is C#C[C@]1(CO)O[C@@H](N2I=Nc3c(N)nc(F)nc32)C[C@@H]1O. The Balaban J connectivity index is 1.93. The van der Waals surface area contributed by atoms with E-state index in [1.807, 2.05) is 0 Å². The molecule has 3 atom stereocenters. The Morgan fingerprint density at radius 2 is 2.38 bits per heavy atom. The second-order valence-corrected chi connectivity index (χ2v) is 6.49. The fourth-order valence-electron chi connectivity index (χ4n) is 2.17. The number of aliphatic hydroxyl groups is 2. The fourth-order valence-corrected chi connectivity index (χ4v) is 4.24. The number of nitrogens with two attached hydrogens (primary N) is 1. The summed E-state index contributed by atoms with van der Waals surface area (Å²) in [4.78, 5) is 7.11. The van der Waals surface area contributed by atoms with Crippen LogP contribution in [0.15, 0.2) is 3.15 Å². The zero-order valence-electron chi connectivity index (χ0n) is 10.6. The number of rotatable bonds is 2. The Kier molecular flexibility index (Phi) is 3.52. The molecule has 1 aromatic rings. The summed E-state index contributed by atoms with van der Waals surface area (Å²) in [6.45, 7) is -0.516. The van der Waals surface area contributed by atoms with Gasteiger partial charge < -0.3 is 20.7 Å². The third-order valence-electron chi connectivity index (χ3n) is 3.31. The minimum atomic E-state index is -1.46. The molecule has 1 saturated heterocycles. The summed E-state index contributed by atoms with van der Waals surface area (Å²) < 4.78 is 24.8. The Morgan fingerprint density at radius 3 is 3.00 bits per heavy atom. The molecule has 0 bridgehead atoms. The van der Waals surface area contributed by atoms with Crippen LogP contribution in [-0.2, 0) is 4.74 Å². The molecule has 1 fully saturated rings. The molecule has 8 nitrogen and oxygen atoms in total. The molecule has 10 heteroatoms. The van der Waals surface area contributed by atoms with Gasteiger partial charge in [-0.2, -0.15) is 17.5 Å². The summed E-state index contributed by atoms with van der Waals surface area (Å²) in [7, 11) is 0. The summed E-state index contributed by atoms with van der Waals surface area (Å²) in [5.74, 6) is 2.47. The summed E-state index contributed by atoms with van der Waals surface area (Å²) in [6, 6.07) is 0. The molecule has 0 radical (unpaired) electrons. The van der Waals surface area contributed by atoms with E-state index in [1.165, 1.54) is 0 Å². The van der Waals surface area contributed by atoms with E-state index in [4.69, 9.17) is 16.9 Å². The van der Waals surface area contributed by atoms with Gasteiger partial charge >= 0.3 is 6.08 Å². The van der Waals surface area contributed by atoms with Gasteiger partial charge in [0.15, 0.2) is 22.9 Å². The van der Waals surface area contributed by atoms with E-state index in [0.29, 0.717) is 5.69 Å². The van der Waals surface area contributed by atoms with E-state index in [9.17, 15) is 14.6 Å². The molecule has 0 spiro atoms. The van der Waals surface area contributed by atoms with Crippen LogP contribution in [0.2, 0.25) is 0 Å². The number of hydrogen-bond donors (Lipinski definition) is 3. The zero-order valence-corrected chi connectivity index (χ0v) is 12.7. The normalized spacial score (nSPS) is 30.9. The van der Waals surface area contributed by atoms with Gasteiger partial charge in [-0.15, -0.1) is 6.42 Å². The highest BCUT2D eigenvalue weighted by atomic mass is 127. The highest BCUT2D eigenvalue weighted by Crippen LogP contribution is 2.47. The van der Waals surface area contributed by atoms with Crippen LogP contribution in [0.4, 0.5) is 21.7 Å². The Morgan fingerprint density at radius 1 is 1.62 bits per heavy atom. The molecule has 2 aliphatic rings. The molecule has 112 valence electrons. The monoisotopic (exact) mass is 407 g/mol. The first-order chi connectivity index (χ1) is 10.0. The molecule has 1 aromatic heterocycles. The summed E-state index contributed by atoms with van der Waals surface area (Å²) >= 11 is -0.945. The topological polar surface area (TPSA) is 117 Å². The van der Waals surface area contributed by atoms with Crippen LogP contribution in [0.25, 0.3) is 0 Å². The Bertz CT molecular complexity index is 666. The van der Waals surface area contributed by atoms with Gasteiger partial charge in [0.1, 0.15) is 33.6 Å². The lowest BCUT2D eigenvalue weighted by Crippen LogP contribution is -2.42. The van der Waals surface area contributed by atoms with Crippen LogP contribution in [-0.4, -0.2) is 44.7 Å². The smallest absolute Gasteiger partial charge is 0.312 e. The van der Waals surface area contributed by atoms with E-state index in [-0.39, 0.29) is 18.1 Å². The molecule has 4 N–H and O–H groups in total. The molecule has 0 amide bonds. The van der Waals surface area contributed by atoms with E-state index in [2.05, 4.69) is 19.0 Å². The van der Waals surface area contributed by atoms with Crippen molar-refractivity contribution in [1.29, 1.82) is 0 Å². The molecular weight excluding hydrogens is 396 g/mol. The third kappa shape index (κ3) is 2.16. The Labute approximate surface area is 129 Å². The average molecular weight is 407 g/mol. The number of ether oxygens (including phenoxy) is 1. The number of nitrogen functional groups attached to an aromatic ring is 1. The second-order valence-electron chi connectivity index (χ2n) is 4.54. The summed E-state index contributed by atoms with van der Waals surface area (Å²) in [5.41, 5.74) is 4.47. The quantitative estimate of drug-likeness (QED) is 0.277. The highest BCUT2D eigenvalue weighted by molar-refractivity contribution is 14.2. The van der Waals surface area contributed by atoms with Gasteiger partial charge in [-0.1, -0.05) is 5.92 Å². The maximum absolute atomic E-state index is 13.3. The van der Waals surface area contributed by atoms with Crippen molar-refractivity contribution in [2.45, 2.75) is 24.4 Å². The van der Waals surface area contributed by atoms with Gasteiger partial charge in [0, 0.05) is 6.42 Å². The number of halogens is 2. The number of terminal acetylenes is 1. The van der Waals surface area contributed by atoms with Crippen LogP contribution in [0.3, 0.4) is 0 Å². The van der Waals surface area contributed by atoms with Crippen molar-refractivity contribution in [2.75, 3.05) is 15.5 Å². The van der Waals surface area contributed by atoms with Gasteiger partial charge in [-0.3, -0.25) is 3.11 Å². The van der Waals surface area contributed by atoms with E-state index in [0.717, 1.165) is 0 Å². The third-order valence-corrected chi connectivity index (χ3v) is 5.55. The first kappa shape index (κ1) is 14.5. The van der Waals surface area contributed by atoms with Gasteiger partial charge in [-0.25, -0.2) is 0 Å². The largest absolute Gasteiger partial charge is 0.392 e. The van der Waals surface area contributed by atoms with Crippen LogP contribution >= 0.6 is 21.3 Å². The first-order valence-corrected chi connectivity index (χ1v) is 7.86. The van der Waals surface area contributed by atoms with Crippen LogP contribution < -0.4 is 8.85 Å². The number of aliphatic hydroxyl groups excluding tert-OH is 2. The Hall–Kier alpha value is -1.42. The number of anilines is 2. The van der Waals surface area contributed by atoms with Gasteiger partial charge in [0.05, 0.1) is 6.61 Å². The standard InChI is InChI=1S/C11H11FIN5O3/c1-2-11(4-19)5(20)3-6(21-11)18-9-7(17-13-18)8(14)15-10(12)16-9/h1,5-6,19-20H,3-4H2,(H2,14,15,16)/t5-,6+,11+/m0/s1. The van der Waals surface area contributed by atoms with Gasteiger partial charge in [0.25, 0.3) is 0 Å². The van der Waals surface area contributed by atoms with Crippen LogP contribution in [0.1, 0.15) is 6.42 Å². The van der Waals surface area contributed by atoms with Crippen molar-refractivity contribution >= 4 is 38.6 Å². The van der Waals surface area contributed by atoms with Gasteiger partial charge in [-0.05, 0) is 0 Å². The predicted molar refractivity (Wildman–Crippen MR) is 79.1 cm³/mol. The molecular formula is C11H11FIN5O3. The molecule has 0 saturated carbocycles. The van der Waals surface area contributed by atoms with E-state index >= 15 is 0 Å². The molecule has 3 rings (SSSR count). The lowest BCUT2D eigenvalue weighted by atomic mass is 9.99. The van der Waals surface area contributed by atoms with Crippen molar-refractivity contribution in [3.63, 3.8) is 0 Å². The number of hydrogen-bond acceptors (Lipinski definition) is 8. The fraction of sp³-hybridized carbons (Fsp3) is 0.455. The lowest BCUT2D eigenvalue weighted by Gasteiger charge is -2.26. The molecule has 21 heavy (non-hydrogen) atoms. The van der Waals surface area contributed by atoms with Crippen molar-refractivity contribution in [1.82, 2.24) is 9.97 Å². The van der Waals surface area contributed by atoms with Gasteiger partial charge in [0.2, 0.25) is 0 Å². The van der Waals surface area contributed by atoms with E-state index < -0.39 is 51.9 Å². The molecule has 2 aliphatic heterocycles. The minimum Gasteiger partial charge on any atom is -0.392 e. The second kappa shape index (κ2) is 5.09. The van der Waals surface area contributed by atoms with Crippen molar-refractivity contribution in [3.8, 4) is 12.3 Å². The van der Waals surface area contributed by atoms with Crippen molar-refractivity contribution < 1.29 is 19.3 Å². The maximum atomic E-state index is 13.3. The molecule has 3 heterocycles. The number of nitrogens with zero attached hydrogens (tertiary/aromatic N) is 4. The van der Waals surface area contributed by atoms with Crippen molar-refractivity contribution in [3.05, 3.63) is 6.08 Å². The zero-order chi connectivity index (χ0) is 15.2. The highest BCUT2D eigenvalue weighted by Gasteiger charge is 2.50. The average Bonchev–Trinajstić information content (AvgIpc) is 3.00. The molecule has 0 aromatic carbocycles. The van der Waals surface area contributed by atoms with Crippen LogP contribution in [0, 0.1) is 18.4 Å². The number of aromatic nitrogens is 2. The van der Waals surface area contributed by atoms with Crippen molar-refractivity contribution in [2.24, 2.45) is 3.15 Å². The van der Waals surface area contributed by atoms with Crippen LogP contribution in [0.5, 0.6) is 0 Å². The lowest BCUT2D eigenvalue weighted by molar-refractivity contribution is -0.0673. The predicted octanol–water partition coefficient (Wildman–Crippen LogP) is 0.190. The maximum Gasteiger partial charge on any atom is 0.312 e. The summed E-state index contributed by atoms with van der Waals surface area (Å²) in [6.07, 6.45) is 2.86. The minimum absolute atomic E-state index is 0.0383. The molecule has 0 unspecified atom stereocenters.